The summed E-state index contributed by atoms with van der Waals surface area (Å²) in [6.07, 6.45) is 15.7. The minimum Gasteiger partial charge on any atom is -0.396 e. The third kappa shape index (κ3) is 1.78. The molecule has 110 valence electrons. The van der Waals surface area contributed by atoms with Crippen LogP contribution in [0.3, 0.4) is 0 Å². The van der Waals surface area contributed by atoms with Gasteiger partial charge in [0.2, 0.25) is 0 Å². The molecule has 1 N–H and O–H groups in total. The predicted octanol–water partition coefficient (Wildman–Crippen LogP) is 4.48. The normalized spacial score (nSPS) is 46.9. The van der Waals surface area contributed by atoms with Crippen LogP contribution in [0.25, 0.3) is 0 Å². The maximum atomic E-state index is 9.99. The van der Waals surface area contributed by atoms with E-state index in [1.807, 2.05) is 0 Å². The lowest BCUT2D eigenvalue weighted by molar-refractivity contribution is -0.0398. The monoisotopic (exact) mass is 272 g/mol. The molecule has 0 aromatic carbocycles. The van der Waals surface area contributed by atoms with Gasteiger partial charge < -0.3 is 5.11 Å². The first-order valence-corrected chi connectivity index (χ1v) is 8.72. The van der Waals surface area contributed by atoms with Crippen molar-refractivity contribution in [2.75, 3.05) is 6.61 Å². The highest BCUT2D eigenvalue weighted by Gasteiger charge is 2.53. The first-order chi connectivity index (χ1) is 9.73. The van der Waals surface area contributed by atoms with Crippen molar-refractivity contribution in [2.24, 2.45) is 29.1 Å². The van der Waals surface area contributed by atoms with Gasteiger partial charge in [-0.1, -0.05) is 29.7 Å². The summed E-state index contributed by atoms with van der Waals surface area (Å²) >= 11 is 0. The Morgan fingerprint density at radius 1 is 1.20 bits per heavy atom. The van der Waals surface area contributed by atoms with Crippen LogP contribution in [0.5, 0.6) is 0 Å². The molecule has 0 saturated heterocycles. The Morgan fingerprint density at radius 2 is 2.10 bits per heavy atom. The average Bonchev–Trinajstić information content (AvgIpc) is 2.91. The van der Waals surface area contributed by atoms with Gasteiger partial charge in [-0.25, -0.2) is 0 Å². The van der Waals surface area contributed by atoms with Crippen molar-refractivity contribution in [1.29, 1.82) is 0 Å². The van der Waals surface area contributed by atoms with E-state index in [1.165, 1.54) is 56.9 Å². The molecule has 0 radical (unpaired) electrons. The summed E-state index contributed by atoms with van der Waals surface area (Å²) in [5.74, 6) is 3.50. The van der Waals surface area contributed by atoms with Gasteiger partial charge in [0.15, 0.2) is 0 Å². The largest absolute Gasteiger partial charge is 0.396 e. The van der Waals surface area contributed by atoms with Crippen LogP contribution in [0.15, 0.2) is 23.3 Å². The van der Waals surface area contributed by atoms with Crippen LogP contribution in [-0.4, -0.2) is 11.7 Å². The molecular formula is C19H28O. The maximum absolute atomic E-state index is 9.99. The molecule has 3 fully saturated rings. The number of rotatable bonds is 1. The molecule has 0 bridgehead atoms. The number of aliphatic hydroxyl groups excluding tert-OH is 1. The standard InChI is InChI=1S/C19H28O/c1-13-4-6-15-14(11-13)5-7-17-16(15)8-10-19(12-20)9-2-3-18(17)19/h4,11,15-18,20H,2-3,5-10,12H2,1H3/t15?,16?,17?,18?,19-/m0/s1. The molecule has 1 nitrogen and oxygen atoms in total. The minimum absolute atomic E-state index is 0.322. The number of allylic oxidation sites excluding steroid dienone is 4. The number of aliphatic hydroxyl groups is 1. The molecule has 0 amide bonds. The van der Waals surface area contributed by atoms with Gasteiger partial charge in [0.25, 0.3) is 0 Å². The molecule has 20 heavy (non-hydrogen) atoms. The molecule has 4 aliphatic carbocycles. The summed E-state index contributed by atoms with van der Waals surface area (Å²) in [4.78, 5) is 0. The Hall–Kier alpha value is -0.560. The Morgan fingerprint density at radius 3 is 2.95 bits per heavy atom. The van der Waals surface area contributed by atoms with Crippen LogP contribution in [0.2, 0.25) is 0 Å². The van der Waals surface area contributed by atoms with Crippen LogP contribution >= 0.6 is 0 Å². The fourth-order valence-electron chi connectivity index (χ4n) is 6.26. The minimum atomic E-state index is 0.322. The van der Waals surface area contributed by atoms with Crippen molar-refractivity contribution in [3.63, 3.8) is 0 Å². The van der Waals surface area contributed by atoms with Crippen LogP contribution in [0.1, 0.15) is 58.3 Å². The highest BCUT2D eigenvalue weighted by Crippen LogP contribution is 2.61. The van der Waals surface area contributed by atoms with E-state index in [0.717, 1.165) is 23.7 Å². The van der Waals surface area contributed by atoms with E-state index in [2.05, 4.69) is 19.1 Å². The quantitative estimate of drug-likeness (QED) is 0.746. The maximum Gasteiger partial charge on any atom is 0.0490 e. The van der Waals surface area contributed by atoms with Crippen molar-refractivity contribution in [3.8, 4) is 0 Å². The molecule has 0 aromatic heterocycles. The summed E-state index contributed by atoms with van der Waals surface area (Å²) in [5.41, 5.74) is 3.56. The van der Waals surface area contributed by atoms with E-state index in [0.29, 0.717) is 12.0 Å². The van der Waals surface area contributed by atoms with Crippen LogP contribution in [0, 0.1) is 29.1 Å². The summed E-state index contributed by atoms with van der Waals surface area (Å²) in [7, 11) is 0. The average molecular weight is 272 g/mol. The fourth-order valence-corrected chi connectivity index (χ4v) is 6.26. The van der Waals surface area contributed by atoms with Crippen LogP contribution in [0.4, 0.5) is 0 Å². The molecular weight excluding hydrogens is 244 g/mol. The van der Waals surface area contributed by atoms with Gasteiger partial charge in [-0.15, -0.1) is 0 Å². The molecule has 0 aliphatic heterocycles. The SMILES string of the molecule is CC1=CCC2C(=C1)CCC1C2CC[C@]2(CO)CCCC12. The second-order valence-corrected chi connectivity index (χ2v) is 7.93. The topological polar surface area (TPSA) is 20.2 Å². The number of hydrogen-bond donors (Lipinski definition) is 1. The Labute approximate surface area is 123 Å². The molecule has 4 rings (SSSR count). The third-order valence-electron chi connectivity index (χ3n) is 7.20. The van der Waals surface area contributed by atoms with Gasteiger partial charge in [0, 0.05) is 6.61 Å². The van der Waals surface area contributed by atoms with Crippen molar-refractivity contribution in [2.45, 2.75) is 58.3 Å². The van der Waals surface area contributed by atoms with Gasteiger partial charge in [0.05, 0.1) is 0 Å². The molecule has 0 heterocycles. The zero-order valence-electron chi connectivity index (χ0n) is 12.8. The fraction of sp³-hybridized carbons (Fsp3) is 0.789. The Kier molecular flexibility index (Phi) is 3.10. The Bertz CT molecular complexity index is 460. The smallest absolute Gasteiger partial charge is 0.0490 e. The van der Waals surface area contributed by atoms with Crippen molar-refractivity contribution in [1.82, 2.24) is 0 Å². The predicted molar refractivity (Wildman–Crippen MR) is 82.3 cm³/mol. The highest BCUT2D eigenvalue weighted by molar-refractivity contribution is 5.31. The van der Waals surface area contributed by atoms with Crippen LogP contribution in [-0.2, 0) is 0 Å². The summed E-state index contributed by atoms with van der Waals surface area (Å²) in [5, 5.41) is 9.99. The molecule has 3 saturated carbocycles. The lowest BCUT2D eigenvalue weighted by Gasteiger charge is -2.53. The van der Waals surface area contributed by atoms with Crippen molar-refractivity contribution < 1.29 is 5.11 Å². The van der Waals surface area contributed by atoms with E-state index in [1.54, 1.807) is 5.57 Å². The molecule has 0 spiro atoms. The summed E-state index contributed by atoms with van der Waals surface area (Å²) in [6, 6.07) is 0. The van der Waals surface area contributed by atoms with E-state index >= 15 is 0 Å². The Balaban J connectivity index is 1.62. The van der Waals surface area contributed by atoms with Crippen molar-refractivity contribution in [3.05, 3.63) is 23.3 Å². The lowest BCUT2D eigenvalue weighted by Crippen LogP contribution is -2.46. The van der Waals surface area contributed by atoms with Gasteiger partial charge in [-0.3, -0.25) is 0 Å². The molecule has 5 atom stereocenters. The second kappa shape index (κ2) is 4.73. The highest BCUT2D eigenvalue weighted by atomic mass is 16.3. The first kappa shape index (κ1) is 13.1. The van der Waals surface area contributed by atoms with Gasteiger partial charge in [0.1, 0.15) is 0 Å². The number of fused-ring (bicyclic) bond motifs is 5. The van der Waals surface area contributed by atoms with Crippen molar-refractivity contribution >= 4 is 0 Å². The zero-order chi connectivity index (χ0) is 13.7. The van der Waals surface area contributed by atoms with Gasteiger partial charge in [-0.2, -0.15) is 0 Å². The molecule has 1 heteroatoms. The summed E-state index contributed by atoms with van der Waals surface area (Å²) in [6.45, 7) is 2.71. The molecule has 4 unspecified atom stereocenters. The lowest BCUT2D eigenvalue weighted by atomic mass is 9.52. The third-order valence-corrected chi connectivity index (χ3v) is 7.20. The molecule has 4 aliphatic rings. The van der Waals surface area contributed by atoms with E-state index in [4.69, 9.17) is 0 Å². The zero-order valence-corrected chi connectivity index (χ0v) is 12.8. The second-order valence-electron chi connectivity index (χ2n) is 7.93. The summed E-state index contributed by atoms with van der Waals surface area (Å²) < 4.78 is 0. The van der Waals surface area contributed by atoms with Gasteiger partial charge >= 0.3 is 0 Å². The van der Waals surface area contributed by atoms with E-state index < -0.39 is 0 Å². The van der Waals surface area contributed by atoms with Gasteiger partial charge in [-0.05, 0) is 81.0 Å². The molecule has 0 aromatic rings. The first-order valence-electron chi connectivity index (χ1n) is 8.72. The number of hydrogen-bond acceptors (Lipinski definition) is 1. The van der Waals surface area contributed by atoms with E-state index in [-0.39, 0.29) is 0 Å². The van der Waals surface area contributed by atoms with E-state index in [9.17, 15) is 5.11 Å². The van der Waals surface area contributed by atoms with Crippen LogP contribution < -0.4 is 0 Å².